The van der Waals surface area contributed by atoms with E-state index in [4.69, 9.17) is 4.74 Å². The molecule has 5 nitrogen and oxygen atoms in total. The Hall–Kier alpha value is -2.38. The van der Waals surface area contributed by atoms with Crippen LogP contribution in [0.5, 0.6) is 5.75 Å². The predicted octanol–water partition coefficient (Wildman–Crippen LogP) is 4.99. The number of halogens is 1. The second kappa shape index (κ2) is 9.83. The van der Waals surface area contributed by atoms with E-state index in [0.717, 1.165) is 24.2 Å². The monoisotopic (exact) mass is 442 g/mol. The van der Waals surface area contributed by atoms with Crippen LogP contribution in [0.25, 0.3) is 0 Å². The van der Waals surface area contributed by atoms with Crippen molar-refractivity contribution in [2.24, 2.45) is 5.92 Å². The van der Waals surface area contributed by atoms with Crippen LogP contribution in [-0.4, -0.2) is 35.6 Å². The molecule has 31 heavy (non-hydrogen) atoms. The summed E-state index contributed by atoms with van der Waals surface area (Å²) in [5.74, 6) is 1.03. The smallest absolute Gasteiger partial charge is 0.261 e. The van der Waals surface area contributed by atoms with Crippen molar-refractivity contribution in [1.29, 1.82) is 0 Å². The van der Waals surface area contributed by atoms with Crippen LogP contribution in [0.15, 0.2) is 42.5 Å². The highest BCUT2D eigenvalue weighted by Crippen LogP contribution is 2.31. The van der Waals surface area contributed by atoms with Crippen molar-refractivity contribution < 1.29 is 18.7 Å². The number of benzene rings is 2. The number of hydrogen-bond acceptors (Lipinski definition) is 5. The van der Waals surface area contributed by atoms with Gasteiger partial charge in [-0.15, -0.1) is 0 Å². The molecule has 1 fully saturated rings. The number of imide groups is 1. The van der Waals surface area contributed by atoms with Crippen LogP contribution in [-0.2, 0) is 0 Å². The average Bonchev–Trinajstić information content (AvgIpc) is 3.58. The number of hydrogen-bond donors (Lipinski definition) is 1. The SMILES string of the molecule is C[C@@H](NSCCCCN1C(=O)c2ccccc2C1=O)c1ccc(F)c(OCC2CC2)c1. The minimum atomic E-state index is -0.322. The Labute approximate surface area is 186 Å². The third-order valence-electron chi connectivity index (χ3n) is 5.64. The lowest BCUT2D eigenvalue weighted by atomic mass is 10.1. The first kappa shape index (κ1) is 21.8. The third-order valence-corrected chi connectivity index (χ3v) is 6.66. The molecule has 0 spiro atoms. The fraction of sp³-hybridized carbons (Fsp3) is 0.417. The van der Waals surface area contributed by atoms with Crippen LogP contribution in [0, 0.1) is 11.7 Å². The largest absolute Gasteiger partial charge is 0.490 e. The molecule has 1 N–H and O–H groups in total. The van der Waals surface area contributed by atoms with E-state index in [2.05, 4.69) is 4.72 Å². The molecule has 0 unspecified atom stereocenters. The standard InChI is InChI=1S/C24H27FN2O3S/c1-16(18-10-11-21(25)22(14-18)30-15-17-8-9-17)26-31-13-5-4-12-27-23(28)19-6-2-3-7-20(19)24(27)29/h2-3,6-7,10-11,14,16-17,26H,4-5,8-9,12-13,15H2,1H3/t16-/m1/s1. The van der Waals surface area contributed by atoms with Gasteiger partial charge < -0.3 is 4.74 Å². The maximum Gasteiger partial charge on any atom is 0.261 e. The van der Waals surface area contributed by atoms with Gasteiger partial charge in [-0.1, -0.05) is 30.1 Å². The molecular formula is C24H27FN2O3S. The molecule has 164 valence electrons. The summed E-state index contributed by atoms with van der Waals surface area (Å²) >= 11 is 1.59. The minimum Gasteiger partial charge on any atom is -0.490 e. The van der Waals surface area contributed by atoms with Crippen molar-refractivity contribution in [2.45, 2.75) is 38.6 Å². The zero-order valence-electron chi connectivity index (χ0n) is 17.6. The van der Waals surface area contributed by atoms with E-state index in [1.54, 1.807) is 48.3 Å². The molecule has 7 heteroatoms. The zero-order valence-corrected chi connectivity index (χ0v) is 18.4. The maximum absolute atomic E-state index is 14.0. The van der Waals surface area contributed by atoms with Crippen molar-refractivity contribution in [2.75, 3.05) is 18.9 Å². The molecule has 0 radical (unpaired) electrons. The molecule has 1 atom stereocenters. The van der Waals surface area contributed by atoms with E-state index in [0.29, 0.717) is 35.9 Å². The molecule has 0 saturated heterocycles. The van der Waals surface area contributed by atoms with Crippen molar-refractivity contribution >= 4 is 23.8 Å². The van der Waals surface area contributed by atoms with Crippen molar-refractivity contribution in [3.8, 4) is 5.75 Å². The molecule has 1 heterocycles. The van der Waals surface area contributed by atoms with Crippen LogP contribution in [0.1, 0.15) is 64.9 Å². The number of nitrogens with zero attached hydrogens (tertiary/aromatic N) is 1. The van der Waals surface area contributed by atoms with Gasteiger partial charge in [0.1, 0.15) is 0 Å². The Kier molecular flexibility index (Phi) is 6.92. The van der Waals surface area contributed by atoms with Crippen LogP contribution in [0.4, 0.5) is 4.39 Å². The molecule has 1 aliphatic heterocycles. The van der Waals surface area contributed by atoms with Gasteiger partial charge in [0.05, 0.1) is 17.7 Å². The van der Waals surface area contributed by atoms with Crippen molar-refractivity contribution in [1.82, 2.24) is 9.62 Å². The summed E-state index contributed by atoms with van der Waals surface area (Å²) in [4.78, 5) is 26.1. The summed E-state index contributed by atoms with van der Waals surface area (Å²) in [6, 6.07) is 12.0. The van der Waals surface area contributed by atoms with Crippen LogP contribution >= 0.6 is 11.9 Å². The van der Waals surface area contributed by atoms with Gasteiger partial charge in [0.15, 0.2) is 11.6 Å². The van der Waals surface area contributed by atoms with Gasteiger partial charge in [0.2, 0.25) is 0 Å². The first-order chi connectivity index (χ1) is 15.0. The molecule has 1 aliphatic carbocycles. The fourth-order valence-electron chi connectivity index (χ4n) is 3.53. The normalized spacial score (nSPS) is 16.5. The number of unbranched alkanes of at least 4 members (excludes halogenated alkanes) is 1. The highest BCUT2D eigenvalue weighted by Gasteiger charge is 2.34. The first-order valence-corrected chi connectivity index (χ1v) is 11.8. The lowest BCUT2D eigenvalue weighted by molar-refractivity contribution is 0.0652. The second-order valence-corrected chi connectivity index (χ2v) is 9.08. The molecule has 2 aromatic rings. The average molecular weight is 443 g/mol. The number of ether oxygens (including phenoxy) is 1. The van der Waals surface area contributed by atoms with Crippen molar-refractivity contribution in [3.63, 3.8) is 0 Å². The topological polar surface area (TPSA) is 58.6 Å². The van der Waals surface area contributed by atoms with E-state index in [9.17, 15) is 14.0 Å². The molecule has 0 bridgehead atoms. The molecule has 2 aliphatic rings. The van der Waals surface area contributed by atoms with Gasteiger partial charge in [-0.05, 0) is 68.4 Å². The third kappa shape index (κ3) is 5.28. The fourth-order valence-corrected chi connectivity index (χ4v) is 4.38. The summed E-state index contributed by atoms with van der Waals surface area (Å²) in [7, 11) is 0. The Balaban J connectivity index is 1.17. The van der Waals surface area contributed by atoms with Crippen molar-refractivity contribution in [3.05, 3.63) is 65.0 Å². The Morgan fingerprint density at radius 3 is 2.52 bits per heavy atom. The van der Waals surface area contributed by atoms with E-state index < -0.39 is 0 Å². The van der Waals surface area contributed by atoms with Crippen LogP contribution in [0.3, 0.4) is 0 Å². The molecule has 4 rings (SSSR count). The number of carbonyl (C=O) groups is 2. The number of rotatable bonds is 11. The van der Waals surface area contributed by atoms with E-state index >= 15 is 0 Å². The summed E-state index contributed by atoms with van der Waals surface area (Å²) in [5.41, 5.74) is 1.97. The van der Waals surface area contributed by atoms with Crippen LogP contribution < -0.4 is 9.46 Å². The summed E-state index contributed by atoms with van der Waals surface area (Å²) in [5, 5.41) is 0. The quantitative estimate of drug-likeness (QED) is 0.302. The van der Waals surface area contributed by atoms with Crippen LogP contribution in [0.2, 0.25) is 0 Å². The number of fused-ring (bicyclic) bond motifs is 1. The highest BCUT2D eigenvalue weighted by molar-refractivity contribution is 7.97. The highest BCUT2D eigenvalue weighted by atomic mass is 32.2. The minimum absolute atomic E-state index is 0.0464. The Morgan fingerprint density at radius 2 is 1.84 bits per heavy atom. The summed E-state index contributed by atoms with van der Waals surface area (Å²) in [6.07, 6.45) is 3.97. The van der Waals surface area contributed by atoms with Gasteiger partial charge in [-0.3, -0.25) is 19.2 Å². The van der Waals surface area contributed by atoms with Gasteiger partial charge >= 0.3 is 0 Å². The molecule has 2 aromatic carbocycles. The lowest BCUT2D eigenvalue weighted by Crippen LogP contribution is -2.30. The molecule has 1 saturated carbocycles. The van der Waals surface area contributed by atoms with E-state index in [1.165, 1.54) is 23.8 Å². The maximum atomic E-state index is 14.0. The van der Waals surface area contributed by atoms with E-state index in [1.807, 2.05) is 6.92 Å². The van der Waals surface area contributed by atoms with Gasteiger partial charge in [0, 0.05) is 18.3 Å². The Bertz CT molecular complexity index is 929. The molecule has 2 amide bonds. The number of carbonyl (C=O) groups excluding carboxylic acids is 2. The molecular weight excluding hydrogens is 415 g/mol. The van der Waals surface area contributed by atoms with Gasteiger partial charge in [-0.2, -0.15) is 0 Å². The Morgan fingerprint density at radius 1 is 1.13 bits per heavy atom. The molecule has 0 aromatic heterocycles. The number of amides is 2. The summed E-state index contributed by atoms with van der Waals surface area (Å²) in [6.45, 7) is 3.05. The number of nitrogens with one attached hydrogen (secondary N) is 1. The predicted molar refractivity (Wildman–Crippen MR) is 120 cm³/mol. The second-order valence-electron chi connectivity index (χ2n) is 8.15. The van der Waals surface area contributed by atoms with Gasteiger partial charge in [0.25, 0.3) is 11.8 Å². The van der Waals surface area contributed by atoms with Gasteiger partial charge in [-0.25, -0.2) is 4.39 Å². The lowest BCUT2D eigenvalue weighted by Gasteiger charge is -2.16. The van der Waals surface area contributed by atoms with E-state index in [-0.39, 0.29) is 23.7 Å². The zero-order chi connectivity index (χ0) is 21.8. The first-order valence-electron chi connectivity index (χ1n) is 10.8. The summed E-state index contributed by atoms with van der Waals surface area (Å²) < 4.78 is 23.0.